The Balaban J connectivity index is 0.00000288. The van der Waals surface area contributed by atoms with Crippen LogP contribution >= 0.6 is 12.4 Å². The van der Waals surface area contributed by atoms with E-state index in [2.05, 4.69) is 48.6 Å². The second kappa shape index (κ2) is 11.9. The van der Waals surface area contributed by atoms with Gasteiger partial charge < -0.3 is 14.8 Å². The second-order valence-electron chi connectivity index (χ2n) is 5.65. The summed E-state index contributed by atoms with van der Waals surface area (Å²) in [7, 11) is 0. The summed E-state index contributed by atoms with van der Waals surface area (Å²) in [5, 5.41) is 3.43. The van der Waals surface area contributed by atoms with Crippen molar-refractivity contribution in [2.24, 2.45) is 0 Å². The molecular formula is C20H28ClNO2. The van der Waals surface area contributed by atoms with Crippen molar-refractivity contribution in [2.75, 3.05) is 19.8 Å². The maximum atomic E-state index is 5.88. The Morgan fingerprint density at radius 2 is 1.79 bits per heavy atom. The average molecular weight is 350 g/mol. The molecule has 2 aromatic rings. The first-order valence-corrected chi connectivity index (χ1v) is 8.33. The third-order valence-corrected chi connectivity index (χ3v) is 3.60. The molecule has 0 fully saturated rings. The van der Waals surface area contributed by atoms with Crippen LogP contribution in [0.15, 0.2) is 48.5 Å². The van der Waals surface area contributed by atoms with E-state index in [0.717, 1.165) is 38.5 Å². The molecule has 4 heteroatoms. The molecule has 0 amide bonds. The van der Waals surface area contributed by atoms with Gasteiger partial charge in [-0.25, -0.2) is 0 Å². The first kappa shape index (κ1) is 20.5. The summed E-state index contributed by atoms with van der Waals surface area (Å²) in [6, 6.07) is 16.7. The smallest absolute Gasteiger partial charge is 0.120 e. The highest BCUT2D eigenvalue weighted by Crippen LogP contribution is 2.15. The molecule has 132 valence electrons. The summed E-state index contributed by atoms with van der Waals surface area (Å²) in [5.41, 5.74) is 3.70. The zero-order valence-corrected chi connectivity index (χ0v) is 15.4. The van der Waals surface area contributed by atoms with Crippen molar-refractivity contribution in [1.82, 2.24) is 5.32 Å². The van der Waals surface area contributed by atoms with Gasteiger partial charge in [0, 0.05) is 19.8 Å². The lowest BCUT2D eigenvalue weighted by Crippen LogP contribution is -2.16. The van der Waals surface area contributed by atoms with E-state index in [9.17, 15) is 0 Å². The molecule has 0 heterocycles. The van der Waals surface area contributed by atoms with E-state index in [-0.39, 0.29) is 12.4 Å². The molecule has 2 rings (SSSR count). The Morgan fingerprint density at radius 3 is 2.54 bits per heavy atom. The highest BCUT2D eigenvalue weighted by molar-refractivity contribution is 5.85. The van der Waals surface area contributed by atoms with Crippen molar-refractivity contribution in [3.8, 4) is 5.75 Å². The van der Waals surface area contributed by atoms with E-state index in [1.807, 2.05) is 19.1 Å². The van der Waals surface area contributed by atoms with Gasteiger partial charge in [-0.05, 0) is 50.1 Å². The normalized spacial score (nSPS) is 10.2. The third kappa shape index (κ3) is 7.82. The van der Waals surface area contributed by atoms with Gasteiger partial charge in [-0.2, -0.15) is 0 Å². The predicted octanol–water partition coefficient (Wildman–Crippen LogP) is 4.51. The van der Waals surface area contributed by atoms with Crippen LogP contribution in [0.25, 0.3) is 0 Å². The molecule has 0 spiro atoms. The number of benzene rings is 2. The Kier molecular flexibility index (Phi) is 10.2. The van der Waals surface area contributed by atoms with Gasteiger partial charge in [0.25, 0.3) is 0 Å². The van der Waals surface area contributed by atoms with Crippen molar-refractivity contribution in [3.05, 3.63) is 65.2 Å². The number of halogens is 1. The molecular weight excluding hydrogens is 322 g/mol. The van der Waals surface area contributed by atoms with Gasteiger partial charge in [-0.3, -0.25) is 0 Å². The van der Waals surface area contributed by atoms with Crippen LogP contribution < -0.4 is 10.1 Å². The zero-order valence-electron chi connectivity index (χ0n) is 14.6. The summed E-state index contributed by atoms with van der Waals surface area (Å²) in [5.74, 6) is 0.916. The zero-order chi connectivity index (χ0) is 16.3. The summed E-state index contributed by atoms with van der Waals surface area (Å²) in [6.07, 6.45) is 1.04. The number of hydrogen-bond acceptors (Lipinski definition) is 3. The summed E-state index contributed by atoms with van der Waals surface area (Å²) in [4.78, 5) is 0. The highest BCUT2D eigenvalue weighted by Gasteiger charge is 1.99. The number of rotatable bonds is 10. The van der Waals surface area contributed by atoms with Crippen LogP contribution in [0, 0.1) is 6.92 Å². The molecule has 2 aromatic carbocycles. The fourth-order valence-corrected chi connectivity index (χ4v) is 2.27. The Hall–Kier alpha value is -1.55. The van der Waals surface area contributed by atoms with E-state index in [1.54, 1.807) is 0 Å². The van der Waals surface area contributed by atoms with E-state index in [4.69, 9.17) is 9.47 Å². The van der Waals surface area contributed by atoms with Gasteiger partial charge in [-0.15, -0.1) is 12.4 Å². The van der Waals surface area contributed by atoms with Crippen molar-refractivity contribution in [3.63, 3.8) is 0 Å². The summed E-state index contributed by atoms with van der Waals surface area (Å²) < 4.78 is 11.2. The Bertz CT molecular complexity index is 572. The number of nitrogens with one attached hydrogen (secondary N) is 1. The van der Waals surface area contributed by atoms with Gasteiger partial charge >= 0.3 is 0 Å². The van der Waals surface area contributed by atoms with Crippen LogP contribution in [-0.4, -0.2) is 19.8 Å². The van der Waals surface area contributed by atoms with Gasteiger partial charge in [-0.1, -0.05) is 42.0 Å². The molecule has 0 atom stereocenters. The topological polar surface area (TPSA) is 30.5 Å². The molecule has 3 nitrogen and oxygen atoms in total. The standard InChI is InChI=1S/C20H27NO2.ClH/c1-3-22-13-5-12-21-15-19-6-4-7-20(14-19)23-16-18-10-8-17(2)9-11-18;/h4,6-11,14,21H,3,5,12-13,15-16H2,1-2H3;1H. The minimum absolute atomic E-state index is 0. The molecule has 0 aliphatic heterocycles. The van der Waals surface area contributed by atoms with Crippen LogP contribution in [0.1, 0.15) is 30.0 Å². The number of aryl methyl sites for hydroxylation is 1. The summed E-state index contributed by atoms with van der Waals surface area (Å²) >= 11 is 0. The van der Waals surface area contributed by atoms with E-state index in [0.29, 0.717) is 6.61 Å². The maximum absolute atomic E-state index is 5.88. The van der Waals surface area contributed by atoms with Crippen molar-refractivity contribution in [2.45, 2.75) is 33.4 Å². The lowest BCUT2D eigenvalue weighted by molar-refractivity contribution is 0.144. The van der Waals surface area contributed by atoms with Crippen LogP contribution in [0.5, 0.6) is 5.75 Å². The Morgan fingerprint density at radius 1 is 1.00 bits per heavy atom. The number of ether oxygens (including phenoxy) is 2. The van der Waals surface area contributed by atoms with Crippen molar-refractivity contribution in [1.29, 1.82) is 0 Å². The van der Waals surface area contributed by atoms with E-state index >= 15 is 0 Å². The SMILES string of the molecule is CCOCCCNCc1cccc(OCc2ccc(C)cc2)c1.Cl. The molecule has 0 saturated heterocycles. The van der Waals surface area contributed by atoms with E-state index in [1.165, 1.54) is 16.7 Å². The van der Waals surface area contributed by atoms with E-state index < -0.39 is 0 Å². The third-order valence-electron chi connectivity index (χ3n) is 3.60. The molecule has 0 aliphatic rings. The fourth-order valence-electron chi connectivity index (χ4n) is 2.27. The molecule has 0 saturated carbocycles. The molecule has 0 radical (unpaired) electrons. The summed E-state index contributed by atoms with van der Waals surface area (Å²) in [6.45, 7) is 8.16. The predicted molar refractivity (Wildman–Crippen MR) is 102 cm³/mol. The first-order valence-electron chi connectivity index (χ1n) is 8.33. The van der Waals surface area contributed by atoms with Gasteiger partial charge in [0.2, 0.25) is 0 Å². The Labute approximate surface area is 151 Å². The molecule has 0 bridgehead atoms. The first-order chi connectivity index (χ1) is 11.3. The van der Waals surface area contributed by atoms with Crippen LogP contribution in [0.4, 0.5) is 0 Å². The lowest BCUT2D eigenvalue weighted by Gasteiger charge is -2.09. The number of hydrogen-bond donors (Lipinski definition) is 1. The molecule has 0 aliphatic carbocycles. The van der Waals surface area contributed by atoms with Gasteiger partial charge in [0.1, 0.15) is 12.4 Å². The maximum Gasteiger partial charge on any atom is 0.120 e. The van der Waals surface area contributed by atoms with Crippen molar-refractivity contribution < 1.29 is 9.47 Å². The van der Waals surface area contributed by atoms with Gasteiger partial charge in [0.05, 0.1) is 0 Å². The molecule has 0 unspecified atom stereocenters. The molecule has 24 heavy (non-hydrogen) atoms. The van der Waals surface area contributed by atoms with Crippen molar-refractivity contribution >= 4 is 12.4 Å². The minimum atomic E-state index is 0. The van der Waals surface area contributed by atoms with Crippen LogP contribution in [-0.2, 0) is 17.9 Å². The molecule has 0 aromatic heterocycles. The van der Waals surface area contributed by atoms with Crippen LogP contribution in [0.3, 0.4) is 0 Å². The van der Waals surface area contributed by atoms with Crippen LogP contribution in [0.2, 0.25) is 0 Å². The van der Waals surface area contributed by atoms with Gasteiger partial charge in [0.15, 0.2) is 0 Å². The average Bonchev–Trinajstić information content (AvgIpc) is 2.58. The fraction of sp³-hybridized carbons (Fsp3) is 0.400. The monoisotopic (exact) mass is 349 g/mol. The largest absolute Gasteiger partial charge is 0.489 e. The minimum Gasteiger partial charge on any atom is -0.489 e. The quantitative estimate of drug-likeness (QED) is 0.640. The highest BCUT2D eigenvalue weighted by atomic mass is 35.5. The second-order valence-corrected chi connectivity index (χ2v) is 5.65. The lowest BCUT2D eigenvalue weighted by atomic mass is 10.2. The molecule has 1 N–H and O–H groups in total.